The van der Waals surface area contributed by atoms with E-state index in [1.807, 2.05) is 0 Å². The zero-order valence-electron chi connectivity index (χ0n) is 12.6. The lowest BCUT2D eigenvalue weighted by molar-refractivity contribution is -0.112. The number of methoxy groups -OCH3 is 1. The molecule has 0 unspecified atom stereocenters. The van der Waals surface area contributed by atoms with Gasteiger partial charge in [-0.25, -0.2) is 4.39 Å². The van der Waals surface area contributed by atoms with Crippen molar-refractivity contribution in [2.45, 2.75) is 0 Å². The molecule has 0 fully saturated rings. The van der Waals surface area contributed by atoms with E-state index in [2.05, 4.69) is 10.6 Å². The number of anilines is 2. The molecule has 0 aliphatic carbocycles. The van der Waals surface area contributed by atoms with Crippen molar-refractivity contribution in [3.63, 3.8) is 0 Å². The number of amides is 1. The molecule has 0 spiro atoms. The average molecular weight is 346 g/mol. The summed E-state index contributed by atoms with van der Waals surface area (Å²) in [6.45, 7) is 0. The van der Waals surface area contributed by atoms with E-state index in [-0.39, 0.29) is 11.4 Å². The standard InChI is InChI=1S/C17H13ClFN3O2/c1-24-16-7-2-12(18)8-15(16)22-17(23)11(9-20)10-21-14-5-3-13(19)4-6-14/h2-8,10,21H,1H3,(H,22,23)/b11-10-. The van der Waals surface area contributed by atoms with E-state index in [1.54, 1.807) is 18.2 Å². The first-order chi connectivity index (χ1) is 11.5. The predicted octanol–water partition coefficient (Wildman–Crippen LogP) is 3.95. The maximum atomic E-state index is 12.8. The molecule has 0 atom stereocenters. The van der Waals surface area contributed by atoms with Crippen molar-refractivity contribution in [3.8, 4) is 11.8 Å². The second kappa shape index (κ2) is 7.99. The highest BCUT2D eigenvalue weighted by molar-refractivity contribution is 6.31. The summed E-state index contributed by atoms with van der Waals surface area (Å²) in [7, 11) is 1.45. The van der Waals surface area contributed by atoms with Gasteiger partial charge in [0.2, 0.25) is 0 Å². The number of nitriles is 1. The first-order valence-electron chi connectivity index (χ1n) is 6.80. The number of carbonyl (C=O) groups excluding carboxylic acids is 1. The van der Waals surface area contributed by atoms with Crippen LogP contribution in [0.5, 0.6) is 5.75 Å². The van der Waals surface area contributed by atoms with Crippen LogP contribution in [0, 0.1) is 17.1 Å². The van der Waals surface area contributed by atoms with Crippen molar-refractivity contribution in [2.75, 3.05) is 17.7 Å². The smallest absolute Gasteiger partial charge is 0.267 e. The Labute approximate surface area is 143 Å². The topological polar surface area (TPSA) is 74.1 Å². The van der Waals surface area contributed by atoms with Crippen LogP contribution in [0.1, 0.15) is 0 Å². The lowest BCUT2D eigenvalue weighted by atomic mass is 10.2. The Bertz CT molecular complexity index is 814. The molecule has 0 radical (unpaired) electrons. The predicted molar refractivity (Wildman–Crippen MR) is 90.4 cm³/mol. The maximum absolute atomic E-state index is 12.8. The number of hydrogen-bond donors (Lipinski definition) is 2. The molecule has 24 heavy (non-hydrogen) atoms. The summed E-state index contributed by atoms with van der Waals surface area (Å²) in [5.41, 5.74) is 0.719. The summed E-state index contributed by atoms with van der Waals surface area (Å²) < 4.78 is 18.0. The molecule has 5 nitrogen and oxygen atoms in total. The molecule has 2 rings (SSSR count). The monoisotopic (exact) mass is 345 g/mol. The molecule has 0 aliphatic rings. The lowest BCUT2D eigenvalue weighted by Crippen LogP contribution is -2.15. The molecule has 1 amide bonds. The Hall–Kier alpha value is -3.04. The molecular weight excluding hydrogens is 333 g/mol. The number of halogens is 2. The fourth-order valence-corrected chi connectivity index (χ4v) is 1.99. The molecular formula is C17H13ClFN3O2. The summed E-state index contributed by atoms with van der Waals surface area (Å²) in [6.07, 6.45) is 1.24. The third kappa shape index (κ3) is 4.48. The summed E-state index contributed by atoms with van der Waals surface area (Å²) in [5.74, 6) is -0.597. The van der Waals surface area contributed by atoms with E-state index in [9.17, 15) is 9.18 Å². The first kappa shape index (κ1) is 17.3. The van der Waals surface area contributed by atoms with Crippen LogP contribution in [0.3, 0.4) is 0 Å². The minimum atomic E-state index is -0.632. The van der Waals surface area contributed by atoms with E-state index in [1.165, 1.54) is 43.6 Å². The minimum absolute atomic E-state index is 0.165. The van der Waals surface area contributed by atoms with Gasteiger partial charge in [0, 0.05) is 16.9 Å². The van der Waals surface area contributed by atoms with E-state index in [0.717, 1.165) is 0 Å². The van der Waals surface area contributed by atoms with Crippen molar-refractivity contribution >= 4 is 28.9 Å². The fraction of sp³-hybridized carbons (Fsp3) is 0.0588. The van der Waals surface area contributed by atoms with Crippen molar-refractivity contribution in [1.29, 1.82) is 5.26 Å². The Morgan fingerprint density at radius 3 is 2.62 bits per heavy atom. The van der Waals surface area contributed by atoms with Gasteiger partial charge >= 0.3 is 0 Å². The maximum Gasteiger partial charge on any atom is 0.267 e. The summed E-state index contributed by atoms with van der Waals surface area (Å²) >= 11 is 5.90. The van der Waals surface area contributed by atoms with Gasteiger partial charge in [-0.3, -0.25) is 4.79 Å². The van der Waals surface area contributed by atoms with Crippen LogP contribution in [0.15, 0.2) is 54.2 Å². The van der Waals surface area contributed by atoms with Crippen LogP contribution < -0.4 is 15.4 Å². The second-order valence-electron chi connectivity index (χ2n) is 4.62. The highest BCUT2D eigenvalue weighted by Gasteiger charge is 2.12. The molecule has 0 saturated heterocycles. The summed E-state index contributed by atoms with van der Waals surface area (Å²) in [4.78, 5) is 12.2. The van der Waals surface area contributed by atoms with Gasteiger partial charge in [-0.1, -0.05) is 11.6 Å². The zero-order valence-corrected chi connectivity index (χ0v) is 13.4. The van der Waals surface area contributed by atoms with E-state index < -0.39 is 5.91 Å². The van der Waals surface area contributed by atoms with Gasteiger partial charge in [0.25, 0.3) is 5.91 Å². The molecule has 0 bridgehead atoms. The SMILES string of the molecule is COc1ccc(Cl)cc1NC(=O)/C(C#N)=C\Nc1ccc(F)cc1. The van der Waals surface area contributed by atoms with Gasteiger partial charge in [0.15, 0.2) is 0 Å². The van der Waals surface area contributed by atoms with Gasteiger partial charge in [-0.05, 0) is 42.5 Å². The zero-order chi connectivity index (χ0) is 17.5. The quantitative estimate of drug-likeness (QED) is 0.635. The molecule has 0 aliphatic heterocycles. The Kier molecular flexibility index (Phi) is 5.77. The van der Waals surface area contributed by atoms with Crippen LogP contribution in [-0.4, -0.2) is 13.0 Å². The van der Waals surface area contributed by atoms with Gasteiger partial charge in [0.05, 0.1) is 12.8 Å². The summed E-state index contributed by atoms with van der Waals surface area (Å²) in [6, 6.07) is 12.0. The van der Waals surface area contributed by atoms with Crippen LogP contribution in [0.4, 0.5) is 15.8 Å². The highest BCUT2D eigenvalue weighted by atomic mass is 35.5. The lowest BCUT2D eigenvalue weighted by Gasteiger charge is -2.10. The van der Waals surface area contributed by atoms with Crippen LogP contribution in [0.2, 0.25) is 5.02 Å². The van der Waals surface area contributed by atoms with Crippen LogP contribution in [0.25, 0.3) is 0 Å². The Morgan fingerprint density at radius 2 is 2.00 bits per heavy atom. The van der Waals surface area contributed by atoms with Crippen molar-refractivity contribution in [3.05, 3.63) is 65.1 Å². The Balaban J connectivity index is 2.14. The fourth-order valence-electron chi connectivity index (χ4n) is 1.82. The van der Waals surface area contributed by atoms with Crippen molar-refractivity contribution in [1.82, 2.24) is 0 Å². The molecule has 122 valence electrons. The normalized spacial score (nSPS) is 10.7. The third-order valence-electron chi connectivity index (χ3n) is 3.00. The molecule has 2 aromatic carbocycles. The highest BCUT2D eigenvalue weighted by Crippen LogP contribution is 2.28. The number of nitrogens with zero attached hydrogens (tertiary/aromatic N) is 1. The number of nitrogens with one attached hydrogen (secondary N) is 2. The van der Waals surface area contributed by atoms with Crippen molar-refractivity contribution < 1.29 is 13.9 Å². The number of benzene rings is 2. The number of rotatable bonds is 5. The molecule has 0 aromatic heterocycles. The third-order valence-corrected chi connectivity index (χ3v) is 3.24. The van der Waals surface area contributed by atoms with Gasteiger partial charge < -0.3 is 15.4 Å². The van der Waals surface area contributed by atoms with Gasteiger partial charge in [-0.15, -0.1) is 0 Å². The van der Waals surface area contributed by atoms with Crippen LogP contribution >= 0.6 is 11.6 Å². The molecule has 0 heterocycles. The number of ether oxygens (including phenoxy) is 1. The molecule has 0 saturated carbocycles. The second-order valence-corrected chi connectivity index (χ2v) is 5.06. The minimum Gasteiger partial charge on any atom is -0.495 e. The van der Waals surface area contributed by atoms with Crippen LogP contribution in [-0.2, 0) is 4.79 Å². The molecule has 2 N–H and O–H groups in total. The molecule has 7 heteroatoms. The Morgan fingerprint density at radius 1 is 1.29 bits per heavy atom. The number of hydrogen-bond acceptors (Lipinski definition) is 4. The number of carbonyl (C=O) groups is 1. The van der Waals surface area contributed by atoms with E-state index in [4.69, 9.17) is 21.6 Å². The van der Waals surface area contributed by atoms with E-state index >= 15 is 0 Å². The average Bonchev–Trinajstić information content (AvgIpc) is 2.57. The van der Waals surface area contributed by atoms with Gasteiger partial charge in [0.1, 0.15) is 23.2 Å². The summed E-state index contributed by atoms with van der Waals surface area (Å²) in [5, 5.41) is 14.9. The first-order valence-corrected chi connectivity index (χ1v) is 7.18. The largest absolute Gasteiger partial charge is 0.495 e. The molecule has 2 aromatic rings. The van der Waals surface area contributed by atoms with Crippen molar-refractivity contribution in [2.24, 2.45) is 0 Å². The van der Waals surface area contributed by atoms with E-state index in [0.29, 0.717) is 22.1 Å². The van der Waals surface area contributed by atoms with Gasteiger partial charge in [-0.2, -0.15) is 5.26 Å².